The summed E-state index contributed by atoms with van der Waals surface area (Å²) >= 11 is 2.15. The van der Waals surface area contributed by atoms with Gasteiger partial charge in [-0.1, -0.05) is 43.4 Å². The normalized spacial score (nSPS) is 14.2. The molecule has 0 amide bonds. The van der Waals surface area contributed by atoms with Crippen molar-refractivity contribution in [1.29, 1.82) is 0 Å². The maximum Gasteiger partial charge on any atom is 0.0196 e. The molecular formula is C6H12IN. The second kappa shape index (κ2) is 2.71. The second-order valence-corrected chi connectivity index (χ2v) is 3.44. The SMILES string of the molecule is CC(C)(C)/C(N)=C\I. The van der Waals surface area contributed by atoms with E-state index in [-0.39, 0.29) is 5.41 Å². The third-order valence-electron chi connectivity index (χ3n) is 0.984. The molecule has 1 nitrogen and oxygen atoms in total. The van der Waals surface area contributed by atoms with Crippen LogP contribution in [0.15, 0.2) is 9.78 Å². The van der Waals surface area contributed by atoms with Gasteiger partial charge in [0.15, 0.2) is 0 Å². The molecule has 2 heteroatoms. The van der Waals surface area contributed by atoms with E-state index in [1.54, 1.807) is 0 Å². The predicted octanol–water partition coefficient (Wildman–Crippen LogP) is 2.27. The fraction of sp³-hybridized carbons (Fsp3) is 0.667. The monoisotopic (exact) mass is 225 g/mol. The zero-order valence-corrected chi connectivity index (χ0v) is 7.69. The molecule has 0 atom stereocenters. The summed E-state index contributed by atoms with van der Waals surface area (Å²) in [5.74, 6) is 0. The summed E-state index contributed by atoms with van der Waals surface area (Å²) in [5.41, 5.74) is 6.69. The molecule has 0 aliphatic rings. The molecular weight excluding hydrogens is 213 g/mol. The first-order chi connectivity index (χ1) is 3.48. The summed E-state index contributed by atoms with van der Waals surface area (Å²) in [4.78, 5) is 0. The van der Waals surface area contributed by atoms with Crippen LogP contribution in [0.3, 0.4) is 0 Å². The Morgan fingerprint density at radius 1 is 1.50 bits per heavy atom. The van der Waals surface area contributed by atoms with E-state index >= 15 is 0 Å². The van der Waals surface area contributed by atoms with Crippen LogP contribution in [0.2, 0.25) is 0 Å². The van der Waals surface area contributed by atoms with E-state index in [1.807, 2.05) is 4.08 Å². The van der Waals surface area contributed by atoms with Crippen molar-refractivity contribution < 1.29 is 0 Å². The number of hydrogen-bond acceptors (Lipinski definition) is 1. The van der Waals surface area contributed by atoms with Crippen molar-refractivity contribution in [1.82, 2.24) is 0 Å². The number of rotatable bonds is 0. The largest absolute Gasteiger partial charge is 0.401 e. The van der Waals surface area contributed by atoms with Gasteiger partial charge < -0.3 is 5.73 Å². The molecule has 0 unspecified atom stereocenters. The first-order valence-electron chi connectivity index (χ1n) is 2.55. The van der Waals surface area contributed by atoms with Gasteiger partial charge in [-0.3, -0.25) is 0 Å². The fourth-order valence-corrected chi connectivity index (χ4v) is 1.10. The lowest BCUT2D eigenvalue weighted by Crippen LogP contribution is -2.15. The molecule has 0 spiro atoms. The zero-order chi connectivity index (χ0) is 6.78. The van der Waals surface area contributed by atoms with Gasteiger partial charge in [0, 0.05) is 11.1 Å². The molecule has 0 aliphatic heterocycles. The van der Waals surface area contributed by atoms with Crippen molar-refractivity contribution in [3.63, 3.8) is 0 Å². The Morgan fingerprint density at radius 3 is 1.88 bits per heavy atom. The standard InChI is InChI=1S/C6H12IN/c1-6(2,3)5(8)4-7/h4H,8H2,1-3H3/b5-4+. The van der Waals surface area contributed by atoms with Crippen LogP contribution < -0.4 is 5.73 Å². The highest BCUT2D eigenvalue weighted by Gasteiger charge is 2.11. The third-order valence-corrected chi connectivity index (χ3v) is 1.65. The van der Waals surface area contributed by atoms with Crippen LogP contribution in [0, 0.1) is 5.41 Å². The quantitative estimate of drug-likeness (QED) is 0.628. The Balaban J connectivity index is 4.03. The van der Waals surface area contributed by atoms with Crippen molar-refractivity contribution in [2.75, 3.05) is 0 Å². The summed E-state index contributed by atoms with van der Waals surface area (Å²) in [6.45, 7) is 6.28. The van der Waals surface area contributed by atoms with Gasteiger partial charge in [0.05, 0.1) is 0 Å². The number of nitrogens with two attached hydrogens (primary N) is 1. The van der Waals surface area contributed by atoms with Gasteiger partial charge in [0.2, 0.25) is 0 Å². The van der Waals surface area contributed by atoms with Crippen molar-refractivity contribution in [3.8, 4) is 0 Å². The minimum atomic E-state index is 0.140. The van der Waals surface area contributed by atoms with Crippen LogP contribution in [0.5, 0.6) is 0 Å². The van der Waals surface area contributed by atoms with E-state index in [0.717, 1.165) is 5.70 Å². The summed E-state index contributed by atoms with van der Waals surface area (Å²) in [7, 11) is 0. The number of hydrogen-bond donors (Lipinski definition) is 1. The van der Waals surface area contributed by atoms with E-state index in [1.165, 1.54) is 0 Å². The summed E-state index contributed by atoms with van der Waals surface area (Å²) in [5, 5.41) is 0. The van der Waals surface area contributed by atoms with Crippen molar-refractivity contribution in [2.45, 2.75) is 20.8 Å². The van der Waals surface area contributed by atoms with Crippen LogP contribution >= 0.6 is 22.6 Å². The van der Waals surface area contributed by atoms with Crippen molar-refractivity contribution in [3.05, 3.63) is 9.78 Å². The topological polar surface area (TPSA) is 26.0 Å². The van der Waals surface area contributed by atoms with Crippen LogP contribution in [0.4, 0.5) is 0 Å². The molecule has 0 aromatic heterocycles. The molecule has 2 N–H and O–H groups in total. The number of allylic oxidation sites excluding steroid dienone is 1. The highest BCUT2D eigenvalue weighted by Crippen LogP contribution is 2.20. The Hall–Kier alpha value is 0.270. The van der Waals surface area contributed by atoms with E-state index in [2.05, 4.69) is 43.4 Å². The molecule has 0 aliphatic carbocycles. The molecule has 0 saturated carbocycles. The molecule has 0 aromatic carbocycles. The summed E-state index contributed by atoms with van der Waals surface area (Å²) < 4.78 is 1.91. The first-order valence-corrected chi connectivity index (χ1v) is 3.79. The van der Waals surface area contributed by atoms with Crippen LogP contribution in [0.25, 0.3) is 0 Å². The van der Waals surface area contributed by atoms with Gasteiger partial charge in [-0.05, 0) is 4.08 Å². The Labute approximate surface area is 64.5 Å². The second-order valence-electron chi connectivity index (χ2n) is 2.81. The lowest BCUT2D eigenvalue weighted by molar-refractivity contribution is 0.499. The first kappa shape index (κ1) is 8.27. The van der Waals surface area contributed by atoms with Crippen LogP contribution in [-0.4, -0.2) is 0 Å². The minimum Gasteiger partial charge on any atom is -0.401 e. The Morgan fingerprint density at radius 2 is 1.88 bits per heavy atom. The fourth-order valence-electron chi connectivity index (χ4n) is 0.164. The predicted molar refractivity (Wildman–Crippen MR) is 45.7 cm³/mol. The minimum absolute atomic E-state index is 0.140. The molecule has 0 fully saturated rings. The maximum absolute atomic E-state index is 5.60. The lowest BCUT2D eigenvalue weighted by atomic mass is 9.94. The molecule has 0 heterocycles. The average Bonchev–Trinajstić information content (AvgIpc) is 1.62. The van der Waals surface area contributed by atoms with E-state index in [9.17, 15) is 0 Å². The Bertz CT molecular complexity index is 99.6. The van der Waals surface area contributed by atoms with Gasteiger partial charge in [-0.15, -0.1) is 0 Å². The van der Waals surface area contributed by atoms with Gasteiger partial charge in [0.25, 0.3) is 0 Å². The van der Waals surface area contributed by atoms with Crippen molar-refractivity contribution >= 4 is 22.6 Å². The zero-order valence-electron chi connectivity index (χ0n) is 5.53. The highest BCUT2D eigenvalue weighted by atomic mass is 127. The summed E-state index contributed by atoms with van der Waals surface area (Å²) in [6, 6.07) is 0. The van der Waals surface area contributed by atoms with Gasteiger partial charge in [-0.2, -0.15) is 0 Å². The van der Waals surface area contributed by atoms with Crippen LogP contribution in [0.1, 0.15) is 20.8 Å². The molecule has 8 heavy (non-hydrogen) atoms. The molecule has 0 rings (SSSR count). The highest BCUT2D eigenvalue weighted by molar-refractivity contribution is 14.1. The van der Waals surface area contributed by atoms with Crippen molar-refractivity contribution in [2.24, 2.45) is 11.1 Å². The molecule has 0 bridgehead atoms. The van der Waals surface area contributed by atoms with E-state index in [0.29, 0.717) is 0 Å². The van der Waals surface area contributed by atoms with E-state index in [4.69, 9.17) is 5.73 Å². The van der Waals surface area contributed by atoms with Gasteiger partial charge >= 0.3 is 0 Å². The van der Waals surface area contributed by atoms with Gasteiger partial charge in [-0.25, -0.2) is 0 Å². The third kappa shape index (κ3) is 2.55. The molecule has 0 saturated heterocycles. The summed E-state index contributed by atoms with van der Waals surface area (Å²) in [6.07, 6.45) is 0. The smallest absolute Gasteiger partial charge is 0.0196 e. The molecule has 0 radical (unpaired) electrons. The van der Waals surface area contributed by atoms with Crippen LogP contribution in [-0.2, 0) is 0 Å². The Kier molecular flexibility index (Phi) is 2.80. The van der Waals surface area contributed by atoms with Gasteiger partial charge in [0.1, 0.15) is 0 Å². The average molecular weight is 225 g/mol. The van der Waals surface area contributed by atoms with E-state index < -0.39 is 0 Å². The lowest BCUT2D eigenvalue weighted by Gasteiger charge is -2.17. The number of halogens is 1. The molecule has 0 aromatic rings. The molecule has 48 valence electrons. The maximum atomic E-state index is 5.60.